The molecule has 0 aliphatic rings. The Labute approximate surface area is 76.9 Å². The molecule has 1 heterocycles. The van der Waals surface area contributed by atoms with Gasteiger partial charge in [-0.05, 0) is 17.1 Å². The Morgan fingerprint density at radius 3 is 2.77 bits per heavy atom. The first-order valence-corrected chi connectivity index (χ1v) is 4.65. The van der Waals surface area contributed by atoms with Crippen LogP contribution in [0.15, 0.2) is 35.6 Å². The van der Waals surface area contributed by atoms with Crippen molar-refractivity contribution in [2.45, 2.75) is 5.03 Å². The smallest absolute Gasteiger partial charge is 0.124 e. The summed E-state index contributed by atoms with van der Waals surface area (Å²) in [6.07, 6.45) is 1.24. The predicted octanol–water partition coefficient (Wildman–Crippen LogP) is 0.868. The molecule has 0 saturated carbocycles. The number of rotatable bonds is 1. The van der Waals surface area contributed by atoms with Crippen LogP contribution in [0, 0.1) is 0 Å². The molecular weight excluding hydrogens is 188 g/mol. The van der Waals surface area contributed by atoms with Crippen LogP contribution in [0.2, 0.25) is 0 Å². The van der Waals surface area contributed by atoms with Crippen LogP contribution in [0.5, 0.6) is 0 Å². The van der Waals surface area contributed by atoms with Crippen molar-refractivity contribution in [1.29, 1.82) is 0 Å². The standard InChI is InChI=1S/C8H6N2O2S/c11-13(12)8-6-3-1-2-4-7(6)9-5-10-8/h1-5H,(H,11,12)/p-1. The van der Waals surface area contributed by atoms with Crippen molar-refractivity contribution in [2.24, 2.45) is 0 Å². The lowest BCUT2D eigenvalue weighted by Crippen LogP contribution is -1.95. The van der Waals surface area contributed by atoms with Crippen molar-refractivity contribution in [1.82, 2.24) is 9.97 Å². The summed E-state index contributed by atoms with van der Waals surface area (Å²) in [5.74, 6) is 0. The molecule has 0 spiro atoms. The van der Waals surface area contributed by atoms with Crippen molar-refractivity contribution >= 4 is 22.0 Å². The largest absolute Gasteiger partial charge is 0.767 e. The minimum absolute atomic E-state index is 0.0469. The van der Waals surface area contributed by atoms with E-state index < -0.39 is 11.1 Å². The number of nitrogens with zero attached hydrogens (tertiary/aromatic N) is 2. The second-order valence-corrected chi connectivity index (χ2v) is 3.29. The molecule has 5 heteroatoms. The van der Waals surface area contributed by atoms with Gasteiger partial charge >= 0.3 is 0 Å². The normalized spacial score (nSPS) is 13.0. The van der Waals surface area contributed by atoms with Gasteiger partial charge in [0, 0.05) is 5.39 Å². The number of fused-ring (bicyclic) bond motifs is 1. The molecule has 1 aromatic heterocycles. The van der Waals surface area contributed by atoms with Gasteiger partial charge in [-0.25, -0.2) is 9.97 Å². The second-order valence-electron chi connectivity index (χ2n) is 2.43. The van der Waals surface area contributed by atoms with Crippen molar-refractivity contribution in [3.05, 3.63) is 30.6 Å². The summed E-state index contributed by atoms with van der Waals surface area (Å²) < 4.78 is 21.4. The van der Waals surface area contributed by atoms with Crippen LogP contribution in [-0.4, -0.2) is 18.7 Å². The van der Waals surface area contributed by atoms with E-state index in [1.165, 1.54) is 6.33 Å². The van der Waals surface area contributed by atoms with E-state index in [1.54, 1.807) is 24.3 Å². The van der Waals surface area contributed by atoms with Gasteiger partial charge in [-0.2, -0.15) is 0 Å². The van der Waals surface area contributed by atoms with Gasteiger partial charge in [0.15, 0.2) is 0 Å². The molecule has 0 radical (unpaired) electrons. The Morgan fingerprint density at radius 2 is 2.00 bits per heavy atom. The fraction of sp³-hybridized carbons (Fsp3) is 0. The molecule has 0 amide bonds. The lowest BCUT2D eigenvalue weighted by molar-refractivity contribution is 0.534. The van der Waals surface area contributed by atoms with E-state index in [4.69, 9.17) is 0 Å². The maximum Gasteiger partial charge on any atom is 0.124 e. The zero-order valence-electron chi connectivity index (χ0n) is 6.51. The van der Waals surface area contributed by atoms with Crippen LogP contribution in [-0.2, 0) is 11.1 Å². The average molecular weight is 193 g/mol. The molecule has 0 aliphatic heterocycles. The minimum atomic E-state index is -2.30. The maximum absolute atomic E-state index is 10.7. The van der Waals surface area contributed by atoms with E-state index in [0.717, 1.165) is 0 Å². The number of para-hydroxylation sites is 1. The lowest BCUT2D eigenvalue weighted by Gasteiger charge is -2.05. The molecule has 1 aromatic carbocycles. The first kappa shape index (κ1) is 8.28. The van der Waals surface area contributed by atoms with E-state index in [2.05, 4.69) is 9.97 Å². The lowest BCUT2D eigenvalue weighted by atomic mass is 10.2. The quantitative estimate of drug-likeness (QED) is 0.498. The van der Waals surface area contributed by atoms with E-state index in [1.807, 2.05) is 0 Å². The molecule has 0 bridgehead atoms. The monoisotopic (exact) mass is 193 g/mol. The number of benzene rings is 1. The van der Waals surface area contributed by atoms with Gasteiger partial charge in [-0.1, -0.05) is 18.2 Å². The highest BCUT2D eigenvalue weighted by molar-refractivity contribution is 7.79. The third-order valence-electron chi connectivity index (χ3n) is 1.66. The van der Waals surface area contributed by atoms with Crippen LogP contribution < -0.4 is 0 Å². The van der Waals surface area contributed by atoms with Crippen LogP contribution in [0.3, 0.4) is 0 Å². The van der Waals surface area contributed by atoms with Crippen molar-refractivity contribution in [3.8, 4) is 0 Å². The molecule has 0 aliphatic carbocycles. The fourth-order valence-electron chi connectivity index (χ4n) is 1.11. The van der Waals surface area contributed by atoms with Gasteiger partial charge in [-0.15, -0.1) is 0 Å². The molecular formula is C8H5N2O2S-. The molecule has 66 valence electrons. The summed E-state index contributed by atoms with van der Waals surface area (Å²) >= 11 is -2.30. The molecule has 1 unspecified atom stereocenters. The topological polar surface area (TPSA) is 65.9 Å². The summed E-state index contributed by atoms with van der Waals surface area (Å²) in [5, 5.41) is 0.601. The Kier molecular flexibility index (Phi) is 2.03. The van der Waals surface area contributed by atoms with Gasteiger partial charge in [0.1, 0.15) is 11.4 Å². The molecule has 0 N–H and O–H groups in total. The van der Waals surface area contributed by atoms with Crippen molar-refractivity contribution in [3.63, 3.8) is 0 Å². The van der Waals surface area contributed by atoms with Gasteiger partial charge in [0.2, 0.25) is 0 Å². The minimum Gasteiger partial charge on any atom is -0.767 e. The first-order chi connectivity index (χ1) is 6.29. The summed E-state index contributed by atoms with van der Waals surface area (Å²) in [7, 11) is 0. The Morgan fingerprint density at radius 1 is 1.23 bits per heavy atom. The van der Waals surface area contributed by atoms with Gasteiger partial charge in [0.25, 0.3) is 0 Å². The summed E-state index contributed by atoms with van der Waals surface area (Å²) in [4.78, 5) is 7.62. The Bertz CT molecular complexity index is 467. The molecule has 0 saturated heterocycles. The van der Waals surface area contributed by atoms with Gasteiger partial charge < -0.3 is 4.55 Å². The second kappa shape index (κ2) is 3.20. The van der Waals surface area contributed by atoms with Gasteiger partial charge in [-0.3, -0.25) is 4.21 Å². The highest BCUT2D eigenvalue weighted by Gasteiger charge is 2.01. The maximum atomic E-state index is 10.7. The van der Waals surface area contributed by atoms with Crippen molar-refractivity contribution in [2.75, 3.05) is 0 Å². The zero-order valence-corrected chi connectivity index (χ0v) is 7.32. The molecule has 0 fully saturated rings. The van der Waals surface area contributed by atoms with Gasteiger partial charge in [0.05, 0.1) is 5.52 Å². The van der Waals surface area contributed by atoms with E-state index in [-0.39, 0.29) is 5.03 Å². The van der Waals surface area contributed by atoms with Crippen LogP contribution in [0.4, 0.5) is 0 Å². The third kappa shape index (κ3) is 1.43. The highest BCUT2D eigenvalue weighted by atomic mass is 32.2. The van der Waals surface area contributed by atoms with E-state index in [0.29, 0.717) is 10.9 Å². The van der Waals surface area contributed by atoms with Crippen LogP contribution in [0.1, 0.15) is 0 Å². The summed E-state index contributed by atoms with van der Waals surface area (Å²) in [5.41, 5.74) is 0.636. The number of aromatic nitrogens is 2. The Hall–Kier alpha value is -1.33. The molecule has 13 heavy (non-hydrogen) atoms. The SMILES string of the molecule is O=S([O-])c1ncnc2ccccc12. The molecule has 4 nitrogen and oxygen atoms in total. The molecule has 2 rings (SSSR count). The summed E-state index contributed by atoms with van der Waals surface area (Å²) in [6.45, 7) is 0. The van der Waals surface area contributed by atoms with Crippen LogP contribution in [0.25, 0.3) is 10.9 Å². The average Bonchev–Trinajstić information content (AvgIpc) is 2.17. The highest BCUT2D eigenvalue weighted by Crippen LogP contribution is 2.15. The number of hydrogen-bond donors (Lipinski definition) is 0. The first-order valence-electron chi connectivity index (χ1n) is 3.58. The Balaban J connectivity index is 2.83. The van der Waals surface area contributed by atoms with Crippen molar-refractivity contribution < 1.29 is 8.76 Å². The molecule has 1 atom stereocenters. The number of hydrogen-bond acceptors (Lipinski definition) is 4. The third-order valence-corrected chi connectivity index (χ3v) is 2.31. The predicted molar refractivity (Wildman–Crippen MR) is 46.7 cm³/mol. The van der Waals surface area contributed by atoms with Crippen LogP contribution >= 0.6 is 0 Å². The summed E-state index contributed by atoms with van der Waals surface area (Å²) in [6, 6.07) is 6.97. The fourth-order valence-corrected chi connectivity index (χ4v) is 1.60. The van der Waals surface area contributed by atoms with E-state index in [9.17, 15) is 8.76 Å². The van der Waals surface area contributed by atoms with E-state index >= 15 is 0 Å². The zero-order chi connectivity index (χ0) is 9.26. The molecule has 2 aromatic rings.